The lowest BCUT2D eigenvalue weighted by molar-refractivity contribution is -0.223. The lowest BCUT2D eigenvalue weighted by Crippen LogP contribution is -2.56. The molecule has 0 aliphatic carbocycles. The van der Waals surface area contributed by atoms with Crippen molar-refractivity contribution in [3.63, 3.8) is 0 Å². The average Bonchev–Trinajstić information content (AvgIpc) is 3.05. The molecule has 1 heterocycles. The van der Waals surface area contributed by atoms with Gasteiger partial charge in [-0.15, -0.1) is 0 Å². The highest BCUT2D eigenvalue weighted by Crippen LogP contribution is 2.33. The molecule has 1 aliphatic rings. The second kappa shape index (κ2) is 15.8. The van der Waals surface area contributed by atoms with Crippen LogP contribution in [0, 0.1) is 0 Å². The fraction of sp³-hybridized carbons (Fsp3) is 0.250. The van der Waals surface area contributed by atoms with E-state index < -0.39 is 24.4 Å². The molecule has 4 aromatic rings. The first-order chi connectivity index (χ1) is 20.8. The zero-order chi connectivity index (χ0) is 28.8. The van der Waals surface area contributed by atoms with Gasteiger partial charge in [-0.2, -0.15) is 0 Å². The van der Waals surface area contributed by atoms with Crippen molar-refractivity contribution < 1.29 is 28.5 Å². The summed E-state index contributed by atoms with van der Waals surface area (Å²) in [6.45, 7) is 1.67. The first-order valence-electron chi connectivity index (χ1n) is 14.2. The van der Waals surface area contributed by atoms with Crippen LogP contribution in [-0.2, 0) is 54.9 Å². The molecular formula is C36H36O6. The molecule has 0 saturated carbocycles. The van der Waals surface area contributed by atoms with Crippen molar-refractivity contribution >= 4 is 6.29 Å². The zero-order valence-electron chi connectivity index (χ0n) is 23.5. The topological polar surface area (TPSA) is 63.2 Å². The van der Waals surface area contributed by atoms with Gasteiger partial charge >= 0.3 is 0 Å². The monoisotopic (exact) mass is 564 g/mol. The summed E-state index contributed by atoms with van der Waals surface area (Å²) in [4.78, 5) is 11.8. The Bertz CT molecular complexity index is 1360. The van der Waals surface area contributed by atoms with Crippen LogP contribution in [0.5, 0.6) is 0 Å². The third-order valence-electron chi connectivity index (χ3n) is 7.03. The fourth-order valence-corrected chi connectivity index (χ4v) is 4.91. The smallest absolute Gasteiger partial charge is 0.150 e. The molecule has 0 unspecified atom stereocenters. The van der Waals surface area contributed by atoms with Crippen LogP contribution in [0.2, 0.25) is 0 Å². The number of benzene rings is 4. The molecular weight excluding hydrogens is 528 g/mol. The third kappa shape index (κ3) is 8.47. The molecule has 6 nitrogen and oxygen atoms in total. The van der Waals surface area contributed by atoms with Crippen LogP contribution in [0.15, 0.2) is 133 Å². The van der Waals surface area contributed by atoms with E-state index >= 15 is 0 Å². The van der Waals surface area contributed by atoms with Gasteiger partial charge in [0, 0.05) is 6.08 Å². The molecule has 0 aromatic heterocycles. The molecule has 0 radical (unpaired) electrons. The Labute approximate surface area is 247 Å². The minimum Gasteiger partial charge on any atom is -0.487 e. The molecule has 5 rings (SSSR count). The Morgan fingerprint density at radius 1 is 0.548 bits per heavy atom. The molecule has 6 heteroatoms. The van der Waals surface area contributed by atoms with Gasteiger partial charge in [-0.1, -0.05) is 121 Å². The van der Waals surface area contributed by atoms with E-state index in [1.807, 2.05) is 121 Å². The van der Waals surface area contributed by atoms with Gasteiger partial charge in [-0.05, 0) is 22.3 Å². The van der Waals surface area contributed by atoms with Gasteiger partial charge in [0.05, 0.1) is 33.0 Å². The maximum atomic E-state index is 11.8. The average molecular weight is 565 g/mol. The van der Waals surface area contributed by atoms with E-state index in [4.69, 9.17) is 23.7 Å². The molecule has 1 fully saturated rings. The van der Waals surface area contributed by atoms with E-state index in [0.29, 0.717) is 32.2 Å². The Kier molecular flexibility index (Phi) is 11.1. The van der Waals surface area contributed by atoms with E-state index in [0.717, 1.165) is 28.5 Å². The van der Waals surface area contributed by atoms with Crippen LogP contribution >= 0.6 is 0 Å². The zero-order valence-corrected chi connectivity index (χ0v) is 23.5. The normalized spacial score (nSPS) is 21.1. The predicted molar refractivity (Wildman–Crippen MR) is 160 cm³/mol. The van der Waals surface area contributed by atoms with Crippen LogP contribution in [0.3, 0.4) is 0 Å². The minimum absolute atomic E-state index is 0.237. The number of carbonyl (C=O) groups excluding carboxylic acids is 1. The van der Waals surface area contributed by atoms with E-state index in [1.54, 1.807) is 0 Å². The van der Waals surface area contributed by atoms with Gasteiger partial charge in [-0.25, -0.2) is 0 Å². The number of ether oxygens (including phenoxy) is 5. The second-order valence-corrected chi connectivity index (χ2v) is 10.1. The van der Waals surface area contributed by atoms with E-state index in [-0.39, 0.29) is 6.61 Å². The fourth-order valence-electron chi connectivity index (χ4n) is 4.91. The van der Waals surface area contributed by atoms with E-state index in [1.165, 1.54) is 6.08 Å². The van der Waals surface area contributed by atoms with Crippen molar-refractivity contribution in [1.82, 2.24) is 0 Å². The summed E-state index contributed by atoms with van der Waals surface area (Å²) in [5.41, 5.74) is 4.10. The number of carbonyl (C=O) groups is 1. The molecule has 216 valence electrons. The second-order valence-electron chi connectivity index (χ2n) is 10.1. The van der Waals surface area contributed by atoms with Crippen molar-refractivity contribution in [3.05, 3.63) is 155 Å². The summed E-state index contributed by atoms with van der Waals surface area (Å²) < 4.78 is 32.2. The molecule has 1 saturated heterocycles. The van der Waals surface area contributed by atoms with Crippen LogP contribution < -0.4 is 0 Å². The number of hydrogen-bond donors (Lipinski definition) is 0. The Morgan fingerprint density at radius 3 is 1.45 bits per heavy atom. The lowest BCUT2D eigenvalue weighted by Gasteiger charge is -2.43. The third-order valence-corrected chi connectivity index (χ3v) is 7.03. The highest BCUT2D eigenvalue weighted by atomic mass is 16.6. The first-order valence-corrected chi connectivity index (χ1v) is 14.2. The van der Waals surface area contributed by atoms with Crippen LogP contribution in [0.1, 0.15) is 22.3 Å². The van der Waals surface area contributed by atoms with Crippen molar-refractivity contribution in [3.8, 4) is 0 Å². The van der Waals surface area contributed by atoms with Crippen LogP contribution in [-0.4, -0.2) is 37.3 Å². The lowest BCUT2D eigenvalue weighted by atomic mass is 9.96. The van der Waals surface area contributed by atoms with Gasteiger partial charge in [0.1, 0.15) is 30.4 Å². The molecule has 0 amide bonds. The molecule has 0 bridgehead atoms. The highest BCUT2D eigenvalue weighted by Gasteiger charge is 2.46. The maximum Gasteiger partial charge on any atom is 0.150 e. The standard InChI is InChI=1S/C36H36O6/c37-22-21-32-34(39-24-29-15-7-2-8-16-29)36(41-26-31-19-11-4-12-20-31)35(40-25-30-17-9-3-10-18-30)33(42-32)27-38-23-28-13-5-1-6-14-28/h1-22,33-36H,23-27H2/b32-21-/t33-,34+,35-,36-/m1/s1. The quantitative estimate of drug-likeness (QED) is 0.130. The first kappa shape index (κ1) is 29.4. The van der Waals surface area contributed by atoms with Crippen molar-refractivity contribution in [2.45, 2.75) is 50.8 Å². The molecule has 1 aliphatic heterocycles. The Balaban J connectivity index is 1.42. The van der Waals surface area contributed by atoms with Crippen LogP contribution in [0.25, 0.3) is 0 Å². The van der Waals surface area contributed by atoms with Gasteiger partial charge in [-0.3, -0.25) is 4.79 Å². The van der Waals surface area contributed by atoms with Gasteiger partial charge in [0.15, 0.2) is 6.10 Å². The summed E-state index contributed by atoms with van der Waals surface area (Å²) >= 11 is 0. The Hall–Kier alpha value is -4.07. The summed E-state index contributed by atoms with van der Waals surface area (Å²) in [5, 5.41) is 0. The number of aldehydes is 1. The summed E-state index contributed by atoms with van der Waals surface area (Å²) in [5.74, 6) is 0.395. The minimum atomic E-state index is -0.676. The number of hydrogen-bond acceptors (Lipinski definition) is 6. The summed E-state index contributed by atoms with van der Waals surface area (Å²) in [6.07, 6.45) is -0.217. The SMILES string of the molecule is O=C/C=C1\O[C@H](COCc2ccccc2)[C@@H](OCc2ccccc2)[C@H](OCc2ccccc2)[C@H]1OCc1ccccc1. The summed E-state index contributed by atoms with van der Waals surface area (Å²) in [6, 6.07) is 39.8. The van der Waals surface area contributed by atoms with Gasteiger partial charge < -0.3 is 23.7 Å². The van der Waals surface area contributed by atoms with Gasteiger partial charge in [0.2, 0.25) is 0 Å². The van der Waals surface area contributed by atoms with Crippen LogP contribution in [0.4, 0.5) is 0 Å². The largest absolute Gasteiger partial charge is 0.487 e. The maximum absolute atomic E-state index is 11.8. The number of rotatable bonds is 14. The van der Waals surface area contributed by atoms with Crippen molar-refractivity contribution in [2.24, 2.45) is 0 Å². The Morgan fingerprint density at radius 2 is 0.976 bits per heavy atom. The molecule has 4 atom stereocenters. The highest BCUT2D eigenvalue weighted by molar-refractivity contribution is 5.66. The molecule has 0 N–H and O–H groups in total. The van der Waals surface area contributed by atoms with Crippen molar-refractivity contribution in [1.29, 1.82) is 0 Å². The molecule has 4 aromatic carbocycles. The van der Waals surface area contributed by atoms with E-state index in [2.05, 4.69) is 0 Å². The molecule has 0 spiro atoms. The number of allylic oxidation sites excluding steroid dienone is 1. The summed E-state index contributed by atoms with van der Waals surface area (Å²) in [7, 11) is 0. The van der Waals surface area contributed by atoms with Crippen molar-refractivity contribution in [2.75, 3.05) is 6.61 Å². The van der Waals surface area contributed by atoms with Gasteiger partial charge in [0.25, 0.3) is 0 Å². The molecule has 42 heavy (non-hydrogen) atoms. The predicted octanol–water partition coefficient (Wildman–Crippen LogP) is 6.44. The van der Waals surface area contributed by atoms with E-state index in [9.17, 15) is 4.79 Å².